The number of nitrogens with zero attached hydrogens (tertiary/aromatic N) is 1. The predicted octanol–water partition coefficient (Wildman–Crippen LogP) is 1.15. The molecule has 0 spiro atoms. The first-order valence-corrected chi connectivity index (χ1v) is 3.32. The first-order chi connectivity index (χ1) is 4.71. The Bertz CT molecular complexity index is 188. The van der Waals surface area contributed by atoms with Crippen LogP contribution in [0.15, 0.2) is 0 Å². The number of hydrogen-bond donors (Lipinski definition) is 1. The molecule has 1 fully saturated rings. The molecule has 0 amide bonds. The molecule has 0 aromatic heterocycles. The molecule has 0 atom stereocenters. The fourth-order valence-corrected chi connectivity index (χ4v) is 1.02. The highest BCUT2D eigenvalue weighted by molar-refractivity contribution is 5.77. The van der Waals surface area contributed by atoms with Gasteiger partial charge in [-0.25, -0.2) is 0 Å². The van der Waals surface area contributed by atoms with Gasteiger partial charge in [-0.2, -0.15) is 5.26 Å². The summed E-state index contributed by atoms with van der Waals surface area (Å²) in [6, 6.07) is 1.96. The number of hydrogen-bond acceptors (Lipinski definition) is 2. The van der Waals surface area contributed by atoms with Gasteiger partial charge in [0.25, 0.3) is 0 Å². The molecule has 0 radical (unpaired) electrons. The number of nitriles is 1. The molecule has 0 heterocycles. The highest BCUT2D eigenvalue weighted by atomic mass is 16.4. The first-order valence-electron chi connectivity index (χ1n) is 3.32. The molecular formula is C7H9NO2. The summed E-state index contributed by atoms with van der Waals surface area (Å²) in [5.74, 6) is -0.734. The van der Waals surface area contributed by atoms with Crippen LogP contribution in [0.1, 0.15) is 25.7 Å². The average Bonchev–Trinajstić information content (AvgIpc) is 2.64. The maximum Gasteiger partial charge on any atom is 0.309 e. The van der Waals surface area contributed by atoms with Crippen LogP contribution in [0.4, 0.5) is 0 Å². The molecule has 3 heteroatoms. The number of carboxylic acid groups (broad SMARTS) is 1. The lowest BCUT2D eigenvalue weighted by Gasteiger charge is -2.03. The van der Waals surface area contributed by atoms with Crippen molar-refractivity contribution in [3.05, 3.63) is 0 Å². The van der Waals surface area contributed by atoms with E-state index in [1.54, 1.807) is 0 Å². The molecule has 1 aliphatic rings. The van der Waals surface area contributed by atoms with E-state index >= 15 is 0 Å². The van der Waals surface area contributed by atoms with Crippen molar-refractivity contribution in [2.45, 2.75) is 25.7 Å². The number of rotatable bonds is 3. The smallest absolute Gasteiger partial charge is 0.309 e. The van der Waals surface area contributed by atoms with E-state index in [0.29, 0.717) is 12.8 Å². The van der Waals surface area contributed by atoms with Crippen molar-refractivity contribution < 1.29 is 9.90 Å². The second-order valence-corrected chi connectivity index (χ2v) is 2.74. The third-order valence-electron chi connectivity index (χ3n) is 2.02. The summed E-state index contributed by atoms with van der Waals surface area (Å²) in [5.41, 5.74) is -0.504. The normalized spacial score (nSPS) is 19.5. The van der Waals surface area contributed by atoms with Crippen LogP contribution < -0.4 is 0 Å². The Balaban J connectivity index is 2.40. The quantitative estimate of drug-likeness (QED) is 0.638. The molecule has 0 unspecified atom stereocenters. The van der Waals surface area contributed by atoms with Crippen LogP contribution in [0, 0.1) is 16.7 Å². The molecule has 1 aliphatic carbocycles. The van der Waals surface area contributed by atoms with Crippen LogP contribution in [-0.4, -0.2) is 11.1 Å². The van der Waals surface area contributed by atoms with Crippen molar-refractivity contribution in [1.82, 2.24) is 0 Å². The summed E-state index contributed by atoms with van der Waals surface area (Å²) in [7, 11) is 0. The Kier molecular flexibility index (Phi) is 1.62. The predicted molar refractivity (Wildman–Crippen MR) is 34.1 cm³/mol. The van der Waals surface area contributed by atoms with Gasteiger partial charge in [-0.15, -0.1) is 0 Å². The zero-order valence-electron chi connectivity index (χ0n) is 5.63. The van der Waals surface area contributed by atoms with Gasteiger partial charge in [0.05, 0.1) is 11.5 Å². The molecule has 1 N–H and O–H groups in total. The zero-order valence-corrected chi connectivity index (χ0v) is 5.63. The van der Waals surface area contributed by atoms with E-state index in [1.807, 2.05) is 6.07 Å². The molecule has 0 aromatic rings. The monoisotopic (exact) mass is 139 g/mol. The summed E-state index contributed by atoms with van der Waals surface area (Å²) >= 11 is 0. The van der Waals surface area contributed by atoms with E-state index in [4.69, 9.17) is 10.4 Å². The van der Waals surface area contributed by atoms with Crippen molar-refractivity contribution in [1.29, 1.82) is 5.26 Å². The molecule has 0 aromatic carbocycles. The largest absolute Gasteiger partial charge is 0.481 e. The molecule has 1 rings (SSSR count). The molecule has 3 nitrogen and oxygen atoms in total. The zero-order chi connectivity index (χ0) is 7.61. The van der Waals surface area contributed by atoms with Crippen LogP contribution in [0.25, 0.3) is 0 Å². The van der Waals surface area contributed by atoms with Crippen LogP contribution in [0.2, 0.25) is 0 Å². The van der Waals surface area contributed by atoms with Crippen molar-refractivity contribution in [3.63, 3.8) is 0 Å². The molecule has 10 heavy (non-hydrogen) atoms. The Hall–Kier alpha value is -1.04. The van der Waals surface area contributed by atoms with Crippen molar-refractivity contribution in [3.8, 4) is 6.07 Å². The summed E-state index contributed by atoms with van der Waals surface area (Å²) < 4.78 is 0. The second-order valence-electron chi connectivity index (χ2n) is 2.74. The van der Waals surface area contributed by atoms with Gasteiger partial charge in [-0.1, -0.05) is 0 Å². The van der Waals surface area contributed by atoms with E-state index in [0.717, 1.165) is 12.8 Å². The third-order valence-corrected chi connectivity index (χ3v) is 2.02. The van der Waals surface area contributed by atoms with E-state index < -0.39 is 11.4 Å². The molecule has 1 saturated carbocycles. The van der Waals surface area contributed by atoms with Gasteiger partial charge in [0.15, 0.2) is 0 Å². The number of aliphatic carboxylic acids is 1. The minimum absolute atomic E-state index is 0.367. The molecular weight excluding hydrogens is 130 g/mol. The number of carbonyl (C=O) groups is 1. The van der Waals surface area contributed by atoms with Crippen molar-refractivity contribution in [2.24, 2.45) is 5.41 Å². The maximum atomic E-state index is 10.5. The van der Waals surface area contributed by atoms with Gasteiger partial charge in [0.2, 0.25) is 0 Å². The molecule has 0 aliphatic heterocycles. The van der Waals surface area contributed by atoms with Crippen LogP contribution in [-0.2, 0) is 4.79 Å². The van der Waals surface area contributed by atoms with Crippen LogP contribution in [0.3, 0.4) is 0 Å². The van der Waals surface area contributed by atoms with Crippen molar-refractivity contribution >= 4 is 5.97 Å². The van der Waals surface area contributed by atoms with Crippen LogP contribution in [0.5, 0.6) is 0 Å². The lowest BCUT2D eigenvalue weighted by atomic mass is 10.0. The Morgan fingerprint density at radius 1 is 1.70 bits per heavy atom. The second kappa shape index (κ2) is 2.30. The van der Waals surface area contributed by atoms with E-state index in [1.165, 1.54) is 0 Å². The summed E-state index contributed by atoms with van der Waals surface area (Å²) in [6.45, 7) is 0. The summed E-state index contributed by atoms with van der Waals surface area (Å²) in [5, 5.41) is 16.8. The highest BCUT2D eigenvalue weighted by Gasteiger charge is 2.49. The lowest BCUT2D eigenvalue weighted by Crippen LogP contribution is -2.13. The topological polar surface area (TPSA) is 61.1 Å². The summed E-state index contributed by atoms with van der Waals surface area (Å²) in [6.07, 6.45) is 2.40. The van der Waals surface area contributed by atoms with Gasteiger partial charge in [-0.05, 0) is 19.3 Å². The van der Waals surface area contributed by atoms with E-state index in [-0.39, 0.29) is 0 Å². The SMILES string of the molecule is N#CCCC1(C(=O)O)CC1. The standard InChI is InChI=1S/C7H9NO2/c8-5-1-2-7(3-4-7)6(9)10/h1-4H2,(H,9,10). The fraction of sp³-hybridized carbons (Fsp3) is 0.714. The highest BCUT2D eigenvalue weighted by Crippen LogP contribution is 2.49. The first kappa shape index (κ1) is 7.07. The fourth-order valence-electron chi connectivity index (χ4n) is 1.02. The molecule has 0 bridgehead atoms. The van der Waals surface area contributed by atoms with Gasteiger partial charge in [0, 0.05) is 6.42 Å². The average molecular weight is 139 g/mol. The molecule has 0 saturated heterocycles. The third kappa shape index (κ3) is 1.10. The van der Waals surface area contributed by atoms with E-state index in [2.05, 4.69) is 0 Å². The Morgan fingerprint density at radius 2 is 2.30 bits per heavy atom. The Morgan fingerprint density at radius 3 is 2.60 bits per heavy atom. The van der Waals surface area contributed by atoms with E-state index in [9.17, 15) is 4.79 Å². The summed E-state index contributed by atoms with van der Waals surface area (Å²) in [4.78, 5) is 10.5. The Labute approximate surface area is 59.3 Å². The van der Waals surface area contributed by atoms with Gasteiger partial charge in [-0.3, -0.25) is 4.79 Å². The number of carboxylic acids is 1. The van der Waals surface area contributed by atoms with Crippen molar-refractivity contribution in [2.75, 3.05) is 0 Å². The minimum atomic E-state index is -0.734. The molecule has 54 valence electrons. The minimum Gasteiger partial charge on any atom is -0.481 e. The maximum absolute atomic E-state index is 10.5. The van der Waals surface area contributed by atoms with Gasteiger partial charge in [0.1, 0.15) is 0 Å². The lowest BCUT2D eigenvalue weighted by molar-refractivity contribution is -0.143. The van der Waals surface area contributed by atoms with Gasteiger partial charge >= 0.3 is 5.97 Å². The van der Waals surface area contributed by atoms with Crippen LogP contribution >= 0.6 is 0 Å². The van der Waals surface area contributed by atoms with Gasteiger partial charge < -0.3 is 5.11 Å².